The molecule has 2 nitrogen and oxygen atoms in total. The fourth-order valence-electron chi connectivity index (χ4n) is 0.965. The zero-order chi connectivity index (χ0) is 9.14. The van der Waals surface area contributed by atoms with Gasteiger partial charge in [0.2, 0.25) is 0 Å². The number of rotatable bonds is 2. The molecular weight excluding hydrogens is 155 g/mol. The smallest absolute Gasteiger partial charge is 0.429 e. The van der Waals surface area contributed by atoms with Crippen LogP contribution in [-0.4, -0.2) is 28.2 Å². The fraction of sp³-hybridized carbons (Fsp3) is 0.400. The molecular formula is C10H15LiN2. The van der Waals surface area contributed by atoms with Gasteiger partial charge in [-0.05, 0) is 14.1 Å². The van der Waals surface area contributed by atoms with E-state index < -0.39 is 0 Å². The van der Waals surface area contributed by atoms with Crippen LogP contribution in [-0.2, 0) is 0 Å². The summed E-state index contributed by atoms with van der Waals surface area (Å²) >= 11 is 0. The van der Waals surface area contributed by atoms with Gasteiger partial charge in [0, 0.05) is 14.1 Å². The van der Waals surface area contributed by atoms with Crippen molar-refractivity contribution in [3.63, 3.8) is 0 Å². The van der Waals surface area contributed by atoms with Crippen LogP contribution in [0, 0.1) is 6.07 Å². The molecule has 0 N–H and O–H groups in total. The summed E-state index contributed by atoms with van der Waals surface area (Å²) in [5.74, 6) is 0. The van der Waals surface area contributed by atoms with Crippen LogP contribution in [0.25, 0.3) is 0 Å². The molecule has 13 heavy (non-hydrogen) atoms. The molecule has 0 atom stereocenters. The first-order valence-electron chi connectivity index (χ1n) is 3.97. The quantitative estimate of drug-likeness (QED) is 0.399. The Morgan fingerprint density at radius 2 is 1.62 bits per heavy atom. The minimum Gasteiger partial charge on any atom is -0.429 e. The molecule has 0 aromatic heterocycles. The van der Waals surface area contributed by atoms with E-state index >= 15 is 0 Å². The van der Waals surface area contributed by atoms with Crippen molar-refractivity contribution in [1.29, 1.82) is 0 Å². The third-order valence-corrected chi connectivity index (χ3v) is 1.78. The molecule has 66 valence electrons. The second-order valence-corrected chi connectivity index (χ2v) is 3.22. The summed E-state index contributed by atoms with van der Waals surface area (Å²) < 4.78 is 0. The molecule has 0 aliphatic carbocycles. The number of anilines is 2. The first-order chi connectivity index (χ1) is 5.61. The van der Waals surface area contributed by atoms with Crippen LogP contribution in [0.2, 0.25) is 0 Å². The van der Waals surface area contributed by atoms with E-state index in [0.29, 0.717) is 0 Å². The molecule has 0 saturated heterocycles. The second kappa shape index (κ2) is 5.21. The number of hydrogen-bond acceptors (Lipinski definition) is 2. The van der Waals surface area contributed by atoms with Crippen LogP contribution in [0.4, 0.5) is 11.4 Å². The van der Waals surface area contributed by atoms with Crippen molar-refractivity contribution in [2.24, 2.45) is 0 Å². The van der Waals surface area contributed by atoms with Gasteiger partial charge >= 0.3 is 18.9 Å². The van der Waals surface area contributed by atoms with Crippen molar-refractivity contribution in [3.8, 4) is 0 Å². The van der Waals surface area contributed by atoms with Crippen LogP contribution >= 0.6 is 0 Å². The molecule has 0 amide bonds. The standard InChI is InChI=1S/C10H15N2.Li/c1-11(2)9-5-7-10(8-6-9)12(3)4;/h5-7H,1-4H3;/q-1;+1. The number of hydrogen-bond donors (Lipinski definition) is 0. The molecule has 1 aromatic rings. The van der Waals surface area contributed by atoms with Crippen molar-refractivity contribution in [2.75, 3.05) is 38.0 Å². The van der Waals surface area contributed by atoms with Gasteiger partial charge < -0.3 is 9.80 Å². The molecule has 0 unspecified atom stereocenters. The molecule has 1 aromatic carbocycles. The van der Waals surface area contributed by atoms with Crippen molar-refractivity contribution in [2.45, 2.75) is 0 Å². The van der Waals surface area contributed by atoms with Gasteiger partial charge in [-0.15, -0.1) is 12.1 Å². The molecule has 0 radical (unpaired) electrons. The first kappa shape index (κ1) is 12.4. The average Bonchev–Trinajstić information content (AvgIpc) is 2.04. The Morgan fingerprint density at radius 1 is 1.00 bits per heavy atom. The van der Waals surface area contributed by atoms with Gasteiger partial charge in [-0.25, -0.2) is 0 Å². The maximum Gasteiger partial charge on any atom is 1.00 e. The summed E-state index contributed by atoms with van der Waals surface area (Å²) in [6.45, 7) is 0. The zero-order valence-corrected chi connectivity index (χ0v) is 9.13. The molecule has 3 heteroatoms. The van der Waals surface area contributed by atoms with Crippen LogP contribution < -0.4 is 28.7 Å². The van der Waals surface area contributed by atoms with Crippen LogP contribution in [0.15, 0.2) is 18.2 Å². The van der Waals surface area contributed by atoms with Crippen molar-refractivity contribution in [3.05, 3.63) is 24.3 Å². The molecule has 1 rings (SSSR count). The largest absolute Gasteiger partial charge is 1.00 e. The zero-order valence-electron chi connectivity index (χ0n) is 9.13. The Kier molecular flexibility index (Phi) is 4.98. The maximum absolute atomic E-state index is 3.20. The van der Waals surface area contributed by atoms with E-state index in [2.05, 4.69) is 23.1 Å². The minimum absolute atomic E-state index is 0. The molecule has 0 saturated carbocycles. The van der Waals surface area contributed by atoms with E-state index in [1.807, 2.05) is 39.2 Å². The third kappa shape index (κ3) is 3.34. The van der Waals surface area contributed by atoms with E-state index in [-0.39, 0.29) is 18.9 Å². The molecule has 0 aliphatic rings. The predicted molar refractivity (Wildman–Crippen MR) is 53.9 cm³/mol. The van der Waals surface area contributed by atoms with Gasteiger partial charge in [-0.3, -0.25) is 0 Å². The van der Waals surface area contributed by atoms with Gasteiger partial charge in [0.25, 0.3) is 0 Å². The summed E-state index contributed by atoms with van der Waals surface area (Å²) in [5, 5.41) is 0. The Bertz CT molecular complexity index is 215. The Morgan fingerprint density at radius 3 is 1.92 bits per heavy atom. The normalized spacial score (nSPS) is 8.92. The third-order valence-electron chi connectivity index (χ3n) is 1.78. The van der Waals surface area contributed by atoms with E-state index in [9.17, 15) is 0 Å². The van der Waals surface area contributed by atoms with E-state index in [4.69, 9.17) is 0 Å². The van der Waals surface area contributed by atoms with E-state index in [1.54, 1.807) is 0 Å². The molecule has 0 aliphatic heterocycles. The van der Waals surface area contributed by atoms with Crippen molar-refractivity contribution in [1.82, 2.24) is 0 Å². The summed E-state index contributed by atoms with van der Waals surface area (Å²) in [6.07, 6.45) is 0. The van der Waals surface area contributed by atoms with Gasteiger partial charge in [0.15, 0.2) is 0 Å². The van der Waals surface area contributed by atoms with E-state index in [0.717, 1.165) is 5.69 Å². The average molecular weight is 170 g/mol. The van der Waals surface area contributed by atoms with Gasteiger partial charge in [0.05, 0.1) is 0 Å². The monoisotopic (exact) mass is 170 g/mol. The van der Waals surface area contributed by atoms with Gasteiger partial charge in [-0.1, -0.05) is 11.4 Å². The predicted octanol–water partition coefficient (Wildman–Crippen LogP) is -1.38. The summed E-state index contributed by atoms with van der Waals surface area (Å²) in [4.78, 5) is 4.11. The Balaban J connectivity index is 0.00000144. The summed E-state index contributed by atoms with van der Waals surface area (Å²) in [6, 6.07) is 9.35. The van der Waals surface area contributed by atoms with Crippen LogP contribution in [0.5, 0.6) is 0 Å². The summed E-state index contributed by atoms with van der Waals surface area (Å²) in [7, 11) is 8.08. The second-order valence-electron chi connectivity index (χ2n) is 3.22. The number of benzene rings is 1. The van der Waals surface area contributed by atoms with Crippen molar-refractivity contribution >= 4 is 11.4 Å². The minimum atomic E-state index is 0. The molecule has 0 bridgehead atoms. The molecule has 0 fully saturated rings. The fourth-order valence-corrected chi connectivity index (χ4v) is 0.965. The molecule has 0 spiro atoms. The molecule has 0 heterocycles. The summed E-state index contributed by atoms with van der Waals surface area (Å²) in [5.41, 5.74) is 2.29. The Labute approximate surface area is 92.7 Å². The topological polar surface area (TPSA) is 6.48 Å². The van der Waals surface area contributed by atoms with E-state index in [1.165, 1.54) is 5.69 Å². The first-order valence-corrected chi connectivity index (χ1v) is 3.97. The number of nitrogens with zero attached hydrogens (tertiary/aromatic N) is 2. The van der Waals surface area contributed by atoms with Crippen molar-refractivity contribution < 1.29 is 18.9 Å². The Hall–Kier alpha value is -0.583. The maximum atomic E-state index is 3.20. The van der Waals surface area contributed by atoms with Gasteiger partial charge in [0.1, 0.15) is 0 Å². The van der Waals surface area contributed by atoms with Crippen LogP contribution in [0.1, 0.15) is 0 Å². The van der Waals surface area contributed by atoms with Gasteiger partial charge in [-0.2, -0.15) is 12.1 Å². The SMILES string of the molecule is CN(C)c1[c-]cc(N(C)C)cc1.[Li+]. The van der Waals surface area contributed by atoms with Crippen LogP contribution in [0.3, 0.4) is 0 Å².